The van der Waals surface area contributed by atoms with Crippen molar-refractivity contribution in [1.29, 1.82) is 0 Å². The second-order valence-corrected chi connectivity index (χ2v) is 16.8. The molecular weight excluding hydrogens is 795 g/mol. The molecule has 0 spiro atoms. The van der Waals surface area contributed by atoms with Crippen LogP contribution in [-0.2, 0) is 39.5 Å². The van der Waals surface area contributed by atoms with E-state index in [-0.39, 0.29) is 53.9 Å². The summed E-state index contributed by atoms with van der Waals surface area (Å²) in [5.41, 5.74) is 2.27. The topological polar surface area (TPSA) is 155 Å². The predicted octanol–water partition coefficient (Wildman–Crippen LogP) is 4.16. The fourth-order valence-electron chi connectivity index (χ4n) is 5.42. The van der Waals surface area contributed by atoms with Crippen LogP contribution in [0.25, 0.3) is 11.4 Å². The van der Waals surface area contributed by atoms with E-state index in [0.717, 1.165) is 5.56 Å². The number of methoxy groups -OCH3 is 3. The van der Waals surface area contributed by atoms with E-state index in [0.29, 0.717) is 31.9 Å². The largest absolute Gasteiger partial charge is 0.497 e. The highest BCUT2D eigenvalue weighted by atomic mass is 127. The Labute approximate surface area is 304 Å². The molecule has 50 heavy (non-hydrogen) atoms. The number of ether oxygens (including phenoxy) is 3. The molecule has 1 fully saturated rings. The first-order chi connectivity index (χ1) is 24.0. The van der Waals surface area contributed by atoms with E-state index >= 15 is 8.42 Å². The zero-order valence-corrected chi connectivity index (χ0v) is 31.3. The van der Waals surface area contributed by atoms with Gasteiger partial charge in [0.1, 0.15) is 22.1 Å². The van der Waals surface area contributed by atoms with Crippen molar-refractivity contribution in [2.45, 2.75) is 34.7 Å². The summed E-state index contributed by atoms with van der Waals surface area (Å²) in [7, 11) is -4.01. The molecule has 13 nitrogen and oxygen atoms in total. The molecule has 262 valence electrons. The highest BCUT2D eigenvalue weighted by molar-refractivity contribution is 14.1. The van der Waals surface area contributed by atoms with Crippen molar-refractivity contribution in [1.82, 2.24) is 29.8 Å². The standard InChI is InChI=1S/C34H35IN6O7S2/c1-46-26-10-4-23(5-11-26)20-40(21-24-6-12-27(47-2)13-7-24)50(44,45)33-31(49(42,43)29-18-36-19-29)17-16-30(35)32(33)34-37-39-41(38-34)22-25-8-14-28(48-3)15-9-25/h4-17,29,36H,18-22H2,1-3H3. The predicted molar refractivity (Wildman–Crippen MR) is 194 cm³/mol. The molecule has 16 heteroatoms. The van der Waals surface area contributed by atoms with Gasteiger partial charge in [-0.2, -0.15) is 9.10 Å². The van der Waals surface area contributed by atoms with Gasteiger partial charge in [-0.05, 0) is 93.0 Å². The molecule has 0 atom stereocenters. The molecule has 0 aliphatic carbocycles. The average molecular weight is 831 g/mol. The van der Waals surface area contributed by atoms with Crippen LogP contribution in [0.5, 0.6) is 17.2 Å². The van der Waals surface area contributed by atoms with Crippen LogP contribution < -0.4 is 19.5 Å². The second kappa shape index (κ2) is 15.0. The van der Waals surface area contributed by atoms with Gasteiger partial charge in [-0.15, -0.1) is 10.2 Å². The lowest BCUT2D eigenvalue weighted by Crippen LogP contribution is -2.51. The van der Waals surface area contributed by atoms with Crippen LogP contribution in [0.3, 0.4) is 0 Å². The van der Waals surface area contributed by atoms with Crippen LogP contribution in [0.4, 0.5) is 0 Å². The summed E-state index contributed by atoms with van der Waals surface area (Å²) in [6, 6.07) is 24.4. The zero-order chi connectivity index (χ0) is 35.5. The first-order valence-corrected chi connectivity index (χ1v) is 19.5. The monoisotopic (exact) mass is 830 g/mol. The Bertz CT molecular complexity index is 2130. The first kappa shape index (κ1) is 35.7. The van der Waals surface area contributed by atoms with E-state index in [1.165, 1.54) is 15.2 Å². The number of sulfone groups is 1. The molecule has 5 aromatic rings. The third kappa shape index (κ3) is 7.48. The fraction of sp³-hybridized carbons (Fsp3) is 0.265. The van der Waals surface area contributed by atoms with Gasteiger partial charge < -0.3 is 19.5 Å². The lowest BCUT2D eigenvalue weighted by atomic mass is 10.2. The van der Waals surface area contributed by atoms with Gasteiger partial charge >= 0.3 is 0 Å². The molecule has 1 aliphatic heterocycles. The minimum absolute atomic E-state index is 0.0147. The normalized spacial score (nSPS) is 13.6. The van der Waals surface area contributed by atoms with Crippen molar-refractivity contribution in [2.75, 3.05) is 34.4 Å². The Morgan fingerprint density at radius 2 is 1.26 bits per heavy atom. The Morgan fingerprint density at radius 3 is 1.72 bits per heavy atom. The van der Waals surface area contributed by atoms with Crippen molar-refractivity contribution in [3.8, 4) is 28.6 Å². The lowest BCUT2D eigenvalue weighted by molar-refractivity contribution is 0.396. The summed E-state index contributed by atoms with van der Waals surface area (Å²) in [6.45, 7) is 0.529. The van der Waals surface area contributed by atoms with Gasteiger partial charge in [-0.25, -0.2) is 16.8 Å². The molecule has 1 aliphatic rings. The van der Waals surface area contributed by atoms with Gasteiger partial charge in [-0.3, -0.25) is 0 Å². The maximum absolute atomic E-state index is 15.2. The number of aromatic nitrogens is 4. The Morgan fingerprint density at radius 1 is 0.760 bits per heavy atom. The average Bonchev–Trinajstić information content (AvgIpc) is 3.55. The molecule has 0 bridgehead atoms. The van der Waals surface area contributed by atoms with Gasteiger partial charge in [0, 0.05) is 29.7 Å². The Balaban J connectivity index is 1.50. The van der Waals surface area contributed by atoms with Crippen molar-refractivity contribution in [3.05, 3.63) is 105 Å². The molecule has 0 radical (unpaired) electrons. The van der Waals surface area contributed by atoms with Gasteiger partial charge in [-0.1, -0.05) is 36.4 Å². The number of nitrogens with zero attached hydrogens (tertiary/aromatic N) is 5. The van der Waals surface area contributed by atoms with Gasteiger partial charge in [0.25, 0.3) is 0 Å². The van der Waals surface area contributed by atoms with E-state index in [4.69, 9.17) is 14.2 Å². The van der Waals surface area contributed by atoms with Crippen LogP contribution in [-0.4, -0.2) is 81.0 Å². The minimum atomic E-state index is -4.58. The maximum atomic E-state index is 15.2. The summed E-state index contributed by atoms with van der Waals surface area (Å²) in [5.74, 6) is 1.91. The molecule has 1 saturated heterocycles. The summed E-state index contributed by atoms with van der Waals surface area (Å²) in [6.07, 6.45) is 0. The van der Waals surface area contributed by atoms with Crippen LogP contribution in [0.2, 0.25) is 0 Å². The number of hydrogen-bond donors (Lipinski definition) is 1. The van der Waals surface area contributed by atoms with Crippen molar-refractivity contribution in [2.24, 2.45) is 0 Å². The zero-order valence-electron chi connectivity index (χ0n) is 27.5. The van der Waals surface area contributed by atoms with Crippen LogP contribution in [0, 0.1) is 3.57 Å². The minimum Gasteiger partial charge on any atom is -0.497 e. The second-order valence-electron chi connectivity index (χ2n) is 11.5. The number of hydrogen-bond acceptors (Lipinski definition) is 11. The van der Waals surface area contributed by atoms with E-state index < -0.39 is 25.1 Å². The number of halogens is 1. The molecule has 6 rings (SSSR count). The maximum Gasteiger partial charge on any atom is 0.245 e. The molecular formula is C34H35IN6O7S2. The van der Waals surface area contributed by atoms with E-state index in [1.807, 2.05) is 46.9 Å². The molecule has 1 N–H and O–H groups in total. The highest BCUT2D eigenvalue weighted by Gasteiger charge is 2.41. The third-order valence-electron chi connectivity index (χ3n) is 8.35. The summed E-state index contributed by atoms with van der Waals surface area (Å²) < 4.78 is 76.2. The number of sulfonamides is 1. The quantitative estimate of drug-likeness (QED) is 0.161. The molecule has 4 aromatic carbocycles. The van der Waals surface area contributed by atoms with E-state index in [1.54, 1.807) is 75.9 Å². The first-order valence-electron chi connectivity index (χ1n) is 15.5. The van der Waals surface area contributed by atoms with Gasteiger partial charge in [0.15, 0.2) is 9.84 Å². The van der Waals surface area contributed by atoms with Crippen LogP contribution >= 0.6 is 22.6 Å². The summed E-state index contributed by atoms with van der Waals surface area (Å²) >= 11 is 1.99. The smallest absolute Gasteiger partial charge is 0.245 e. The Hall–Kier alpha value is -4.10. The Kier molecular flexibility index (Phi) is 10.7. The van der Waals surface area contributed by atoms with Gasteiger partial charge in [0.05, 0.1) is 43.6 Å². The van der Waals surface area contributed by atoms with Crippen molar-refractivity contribution < 1.29 is 31.0 Å². The molecule has 0 amide bonds. The van der Waals surface area contributed by atoms with Crippen LogP contribution in [0.1, 0.15) is 16.7 Å². The lowest BCUT2D eigenvalue weighted by Gasteiger charge is -2.30. The van der Waals surface area contributed by atoms with E-state index in [9.17, 15) is 8.42 Å². The highest BCUT2D eigenvalue weighted by Crippen LogP contribution is 2.39. The number of nitrogens with one attached hydrogen (secondary N) is 1. The van der Waals surface area contributed by atoms with E-state index in [2.05, 4.69) is 20.7 Å². The summed E-state index contributed by atoms with van der Waals surface area (Å²) in [5, 5.41) is 15.2. The molecule has 1 aromatic heterocycles. The summed E-state index contributed by atoms with van der Waals surface area (Å²) in [4.78, 5) is 0.648. The van der Waals surface area contributed by atoms with Crippen molar-refractivity contribution >= 4 is 42.5 Å². The third-order valence-corrected chi connectivity index (χ3v) is 13.4. The number of tetrazole rings is 1. The number of benzene rings is 4. The molecule has 0 unspecified atom stereocenters. The van der Waals surface area contributed by atoms with Gasteiger partial charge in [0.2, 0.25) is 15.8 Å². The van der Waals surface area contributed by atoms with Crippen LogP contribution in [0.15, 0.2) is 94.7 Å². The van der Waals surface area contributed by atoms with Crippen molar-refractivity contribution in [3.63, 3.8) is 0 Å². The fourth-order valence-corrected chi connectivity index (χ4v) is 10.3. The molecule has 2 heterocycles. The molecule has 0 saturated carbocycles. The number of rotatable bonds is 14. The SMILES string of the molecule is COc1ccc(CN(Cc2ccc(OC)cc2)S(=O)(=O)c2c(S(=O)(=O)C3CNC3)ccc(I)c2-c2nnn(Cc3ccc(OC)cc3)n2)cc1.